The molecule has 0 spiro atoms. The molecule has 0 amide bonds. The zero-order valence-corrected chi connectivity index (χ0v) is 9.96. The molecule has 6 heteroatoms. The summed E-state index contributed by atoms with van der Waals surface area (Å²) in [6, 6.07) is 0. The molecule has 0 aromatic rings. The molecule has 0 saturated carbocycles. The molecule has 0 fully saturated rings. The maximum atomic E-state index is 11.0. The third-order valence-electron chi connectivity index (χ3n) is 1.75. The smallest absolute Gasteiger partial charge is 0.300 e. The van der Waals surface area contributed by atoms with Crippen LogP contribution >= 0.6 is 0 Å². The molecule has 1 unspecified atom stereocenters. The van der Waals surface area contributed by atoms with Gasteiger partial charge in [-0.2, -0.15) is 8.42 Å². The van der Waals surface area contributed by atoms with Crippen molar-refractivity contribution in [1.82, 2.24) is 0 Å². The van der Waals surface area contributed by atoms with Gasteiger partial charge in [0, 0.05) is 0 Å². The van der Waals surface area contributed by atoms with Crippen molar-refractivity contribution < 1.29 is 21.6 Å². The van der Waals surface area contributed by atoms with Crippen molar-refractivity contribution in [3.63, 3.8) is 0 Å². The van der Waals surface area contributed by atoms with Crippen LogP contribution in [0.15, 0.2) is 0 Å². The average molecular weight is 238 g/mol. The van der Waals surface area contributed by atoms with Crippen molar-refractivity contribution in [3.05, 3.63) is 0 Å². The molecule has 0 saturated heterocycles. The van der Waals surface area contributed by atoms with E-state index in [1.54, 1.807) is 0 Å². The third-order valence-corrected chi connectivity index (χ3v) is 2.75. The van der Waals surface area contributed by atoms with E-state index >= 15 is 0 Å². The normalized spacial score (nSPS) is 13.7. The summed E-state index contributed by atoms with van der Waals surface area (Å²) in [6.07, 6.45) is 2.69. The molecule has 0 aliphatic rings. The number of carbonyl (C=O) groups excluding carboxylic acids is 1. The maximum Gasteiger partial charge on any atom is 0.400 e. The van der Waals surface area contributed by atoms with E-state index in [-0.39, 0.29) is 6.61 Å². The largest absolute Gasteiger partial charge is 0.400 e. The summed E-state index contributed by atoms with van der Waals surface area (Å²) in [6.45, 7) is 3.56. The van der Waals surface area contributed by atoms with Gasteiger partial charge in [-0.05, 0) is 13.3 Å². The second-order valence-corrected chi connectivity index (χ2v) is 4.33. The average Bonchev–Trinajstić information content (AvgIpc) is 2.16. The molecular weight excluding hydrogens is 220 g/mol. The molecule has 1 atom stereocenters. The SMILES string of the molecule is CCCCCC(C=O)OS(=O)(=O)OCC. The minimum Gasteiger partial charge on any atom is -0.300 e. The van der Waals surface area contributed by atoms with Crippen LogP contribution in [0.2, 0.25) is 0 Å². The molecule has 0 aromatic carbocycles. The van der Waals surface area contributed by atoms with Gasteiger partial charge in [0.2, 0.25) is 0 Å². The van der Waals surface area contributed by atoms with Gasteiger partial charge in [-0.1, -0.05) is 26.2 Å². The van der Waals surface area contributed by atoms with Crippen molar-refractivity contribution in [2.24, 2.45) is 0 Å². The monoisotopic (exact) mass is 238 g/mol. The van der Waals surface area contributed by atoms with E-state index in [0.717, 1.165) is 19.3 Å². The van der Waals surface area contributed by atoms with Gasteiger partial charge in [-0.15, -0.1) is 0 Å². The molecule has 0 aliphatic carbocycles. The zero-order chi connectivity index (χ0) is 11.7. The lowest BCUT2D eigenvalue weighted by Crippen LogP contribution is -2.21. The van der Waals surface area contributed by atoms with E-state index in [1.165, 1.54) is 6.92 Å². The Balaban J connectivity index is 4.03. The molecule has 0 bridgehead atoms. The van der Waals surface area contributed by atoms with Crippen molar-refractivity contribution in [2.45, 2.75) is 45.6 Å². The minimum absolute atomic E-state index is 0.00285. The molecule has 15 heavy (non-hydrogen) atoms. The number of carbonyl (C=O) groups is 1. The van der Waals surface area contributed by atoms with Gasteiger partial charge < -0.3 is 4.79 Å². The molecule has 90 valence electrons. The number of unbranched alkanes of at least 4 members (excludes halogenated alkanes) is 2. The summed E-state index contributed by atoms with van der Waals surface area (Å²) in [5.74, 6) is 0. The minimum atomic E-state index is -4.01. The van der Waals surface area contributed by atoms with Crippen molar-refractivity contribution in [1.29, 1.82) is 0 Å². The quantitative estimate of drug-likeness (QED) is 0.449. The first-order valence-electron chi connectivity index (χ1n) is 5.08. The van der Waals surface area contributed by atoms with Crippen LogP contribution in [0.4, 0.5) is 0 Å². The van der Waals surface area contributed by atoms with Crippen molar-refractivity contribution in [3.8, 4) is 0 Å². The highest BCUT2D eigenvalue weighted by Gasteiger charge is 2.18. The van der Waals surface area contributed by atoms with Crippen LogP contribution in [0.3, 0.4) is 0 Å². The first-order valence-corrected chi connectivity index (χ1v) is 6.42. The predicted molar refractivity (Wildman–Crippen MR) is 55.6 cm³/mol. The molecule has 0 heterocycles. The van der Waals surface area contributed by atoms with Gasteiger partial charge in [0.1, 0.15) is 12.4 Å². The number of rotatable bonds is 9. The third kappa shape index (κ3) is 7.47. The molecule has 0 N–H and O–H groups in total. The van der Waals surface area contributed by atoms with Gasteiger partial charge in [0.15, 0.2) is 0 Å². The van der Waals surface area contributed by atoms with Crippen LogP contribution in [0.25, 0.3) is 0 Å². The summed E-state index contributed by atoms with van der Waals surface area (Å²) in [4.78, 5) is 10.5. The fourth-order valence-corrected chi connectivity index (χ4v) is 1.85. The fraction of sp³-hybridized carbons (Fsp3) is 0.889. The second kappa shape index (κ2) is 7.78. The Morgan fingerprint density at radius 1 is 1.27 bits per heavy atom. The van der Waals surface area contributed by atoms with Gasteiger partial charge in [-0.25, -0.2) is 8.37 Å². The van der Waals surface area contributed by atoms with Crippen LogP contribution in [-0.4, -0.2) is 27.4 Å². The molecule has 5 nitrogen and oxygen atoms in total. The van der Waals surface area contributed by atoms with Gasteiger partial charge >= 0.3 is 10.4 Å². The number of hydrogen-bond donors (Lipinski definition) is 0. The van der Waals surface area contributed by atoms with E-state index < -0.39 is 16.5 Å². The lowest BCUT2D eigenvalue weighted by Gasteiger charge is -2.10. The van der Waals surface area contributed by atoms with Crippen LogP contribution in [0, 0.1) is 0 Å². The van der Waals surface area contributed by atoms with Crippen LogP contribution in [-0.2, 0) is 23.6 Å². The van der Waals surface area contributed by atoms with E-state index in [1.807, 2.05) is 6.92 Å². The highest BCUT2D eigenvalue weighted by atomic mass is 32.3. The number of aldehydes is 1. The first kappa shape index (κ1) is 14.5. The van der Waals surface area contributed by atoms with Crippen molar-refractivity contribution >= 4 is 16.7 Å². The molecule has 0 aliphatic heterocycles. The zero-order valence-electron chi connectivity index (χ0n) is 9.14. The van der Waals surface area contributed by atoms with E-state index in [0.29, 0.717) is 12.7 Å². The Labute approximate surface area is 91.1 Å². The van der Waals surface area contributed by atoms with Gasteiger partial charge in [0.05, 0.1) is 6.61 Å². The fourth-order valence-electron chi connectivity index (χ4n) is 1.06. The van der Waals surface area contributed by atoms with E-state index in [4.69, 9.17) is 0 Å². The standard InChI is InChI=1S/C9H18O5S/c1-3-5-6-7-9(8-10)14-15(11,12)13-4-2/h8-9H,3-7H2,1-2H3. The lowest BCUT2D eigenvalue weighted by molar-refractivity contribution is -0.114. The van der Waals surface area contributed by atoms with E-state index in [9.17, 15) is 13.2 Å². The highest BCUT2D eigenvalue weighted by molar-refractivity contribution is 7.81. The Bertz CT molecular complexity index is 260. The summed E-state index contributed by atoms with van der Waals surface area (Å²) in [7, 11) is -4.01. The predicted octanol–water partition coefficient (Wildman–Crippen LogP) is 1.43. The Morgan fingerprint density at radius 2 is 1.93 bits per heavy atom. The van der Waals surface area contributed by atoms with Crippen LogP contribution < -0.4 is 0 Å². The van der Waals surface area contributed by atoms with Gasteiger partial charge in [0.25, 0.3) is 0 Å². The first-order chi connectivity index (χ1) is 7.05. The Morgan fingerprint density at radius 3 is 2.40 bits per heavy atom. The lowest BCUT2D eigenvalue weighted by atomic mass is 10.1. The topological polar surface area (TPSA) is 69.7 Å². The van der Waals surface area contributed by atoms with Crippen molar-refractivity contribution in [2.75, 3.05) is 6.61 Å². The molecule has 0 aromatic heterocycles. The van der Waals surface area contributed by atoms with Gasteiger partial charge in [-0.3, -0.25) is 0 Å². The number of hydrogen-bond acceptors (Lipinski definition) is 5. The Kier molecular flexibility index (Phi) is 7.54. The highest BCUT2D eigenvalue weighted by Crippen LogP contribution is 2.09. The van der Waals surface area contributed by atoms with E-state index in [2.05, 4.69) is 8.37 Å². The molecule has 0 rings (SSSR count). The summed E-state index contributed by atoms with van der Waals surface area (Å²) in [5, 5.41) is 0. The molecular formula is C9H18O5S. The van der Waals surface area contributed by atoms with Crippen LogP contribution in [0.5, 0.6) is 0 Å². The Hall–Kier alpha value is -0.460. The van der Waals surface area contributed by atoms with Crippen LogP contribution in [0.1, 0.15) is 39.5 Å². The second-order valence-electron chi connectivity index (χ2n) is 3.08. The molecule has 0 radical (unpaired) electrons. The summed E-state index contributed by atoms with van der Waals surface area (Å²) in [5.41, 5.74) is 0. The maximum absolute atomic E-state index is 11.0. The summed E-state index contributed by atoms with van der Waals surface area (Å²) < 4.78 is 31.0. The summed E-state index contributed by atoms with van der Waals surface area (Å²) >= 11 is 0.